The molecule has 0 spiro atoms. The largest absolute Gasteiger partial charge is 0.326 e. The number of halogens is 5. The van der Waals surface area contributed by atoms with E-state index in [2.05, 4.69) is 5.32 Å². The Morgan fingerprint density at radius 3 is 2.00 bits per heavy atom. The third kappa shape index (κ3) is 4.10. The second-order valence-electron chi connectivity index (χ2n) is 4.26. The van der Waals surface area contributed by atoms with Gasteiger partial charge in [0, 0.05) is 5.69 Å². The average Bonchev–Trinajstić information content (AvgIpc) is 2.44. The molecule has 0 aliphatic heterocycles. The van der Waals surface area contributed by atoms with E-state index in [-0.39, 0.29) is 20.8 Å². The van der Waals surface area contributed by atoms with E-state index in [0.717, 1.165) is 18.2 Å². The molecule has 0 heterocycles. The number of rotatable bonds is 2. The average molecular weight is 380 g/mol. The Hall–Kier alpha value is -1.89. The Morgan fingerprint density at radius 2 is 1.48 bits per heavy atom. The molecule has 2 rings (SSSR count). The highest BCUT2D eigenvalue weighted by Gasteiger charge is 2.19. The van der Waals surface area contributed by atoms with Crippen LogP contribution in [0.3, 0.4) is 0 Å². The minimum absolute atomic E-state index is 0.0842. The molecular formula is C14H7Cl3F2N2O2. The maximum Gasteiger partial charge on any atom is 0.326 e. The highest BCUT2D eigenvalue weighted by Crippen LogP contribution is 2.33. The van der Waals surface area contributed by atoms with E-state index in [0.29, 0.717) is 0 Å². The van der Waals surface area contributed by atoms with Crippen LogP contribution in [0.4, 0.5) is 19.3 Å². The number of urea groups is 1. The van der Waals surface area contributed by atoms with Crippen LogP contribution in [-0.4, -0.2) is 11.9 Å². The first-order chi connectivity index (χ1) is 10.8. The first-order valence-corrected chi connectivity index (χ1v) is 7.14. The predicted molar refractivity (Wildman–Crippen MR) is 84.3 cm³/mol. The predicted octanol–water partition coefficient (Wildman–Crippen LogP) is 4.89. The summed E-state index contributed by atoms with van der Waals surface area (Å²) in [6.07, 6.45) is 0. The van der Waals surface area contributed by atoms with Gasteiger partial charge in [0.25, 0.3) is 5.91 Å². The number of anilines is 1. The first-order valence-electron chi connectivity index (χ1n) is 6.00. The number of hydrogen-bond acceptors (Lipinski definition) is 2. The summed E-state index contributed by atoms with van der Waals surface area (Å²) >= 11 is 17.3. The van der Waals surface area contributed by atoms with Gasteiger partial charge in [-0.05, 0) is 24.3 Å². The van der Waals surface area contributed by atoms with Crippen molar-refractivity contribution in [2.24, 2.45) is 0 Å². The lowest BCUT2D eigenvalue weighted by Gasteiger charge is -2.09. The Bertz CT molecular complexity index is 756. The summed E-state index contributed by atoms with van der Waals surface area (Å²) in [5.74, 6) is -3.41. The highest BCUT2D eigenvalue weighted by molar-refractivity contribution is 6.48. The molecule has 0 unspecified atom stereocenters. The summed E-state index contributed by atoms with van der Waals surface area (Å²) in [5.41, 5.74) is -0.724. The van der Waals surface area contributed by atoms with Gasteiger partial charge in [-0.1, -0.05) is 40.9 Å². The number of hydrogen-bond donors (Lipinski definition) is 2. The van der Waals surface area contributed by atoms with Gasteiger partial charge in [0.2, 0.25) is 0 Å². The number of imide groups is 1. The molecule has 2 aromatic carbocycles. The van der Waals surface area contributed by atoms with Gasteiger partial charge in [-0.3, -0.25) is 10.1 Å². The SMILES string of the molecule is O=C(NC(=O)c1c(F)cccc1F)Nc1cc(Cl)c(Cl)c(Cl)c1. The van der Waals surface area contributed by atoms with Crippen molar-refractivity contribution in [3.8, 4) is 0 Å². The summed E-state index contributed by atoms with van der Waals surface area (Å²) in [6.45, 7) is 0. The van der Waals surface area contributed by atoms with E-state index in [1.54, 1.807) is 5.32 Å². The van der Waals surface area contributed by atoms with Crippen LogP contribution in [0.25, 0.3) is 0 Å². The Kier molecular flexibility index (Phi) is 5.41. The lowest BCUT2D eigenvalue weighted by Crippen LogP contribution is -2.35. The molecule has 0 aromatic heterocycles. The molecule has 0 radical (unpaired) electrons. The zero-order valence-electron chi connectivity index (χ0n) is 11.1. The van der Waals surface area contributed by atoms with Crippen LogP contribution in [0.1, 0.15) is 10.4 Å². The van der Waals surface area contributed by atoms with Gasteiger partial charge in [-0.15, -0.1) is 0 Å². The van der Waals surface area contributed by atoms with Gasteiger partial charge in [-0.25, -0.2) is 13.6 Å². The van der Waals surface area contributed by atoms with E-state index >= 15 is 0 Å². The smallest absolute Gasteiger partial charge is 0.308 e. The van der Waals surface area contributed by atoms with Crippen molar-refractivity contribution in [2.45, 2.75) is 0 Å². The molecule has 0 atom stereocenters. The zero-order chi connectivity index (χ0) is 17.1. The minimum Gasteiger partial charge on any atom is -0.308 e. The first kappa shape index (κ1) is 17.5. The van der Waals surface area contributed by atoms with Gasteiger partial charge in [0.15, 0.2) is 0 Å². The number of carbonyl (C=O) groups is 2. The Balaban J connectivity index is 2.12. The van der Waals surface area contributed by atoms with Gasteiger partial charge in [-0.2, -0.15) is 0 Å². The van der Waals surface area contributed by atoms with E-state index in [9.17, 15) is 18.4 Å². The van der Waals surface area contributed by atoms with Crippen LogP contribution >= 0.6 is 34.8 Å². The fourth-order valence-electron chi connectivity index (χ4n) is 1.67. The monoisotopic (exact) mass is 378 g/mol. The standard InChI is InChI=1S/C14H7Cl3F2N2O2/c15-7-4-6(5-8(16)12(7)17)20-14(23)21-13(22)11-9(18)2-1-3-10(11)19/h1-5H,(H2,20,21,22,23). The molecule has 23 heavy (non-hydrogen) atoms. The molecule has 0 bridgehead atoms. The van der Waals surface area contributed by atoms with Gasteiger partial charge >= 0.3 is 6.03 Å². The second kappa shape index (κ2) is 7.12. The number of benzene rings is 2. The number of amides is 3. The van der Waals surface area contributed by atoms with Crippen molar-refractivity contribution in [2.75, 3.05) is 5.32 Å². The summed E-state index contributed by atoms with van der Waals surface area (Å²) in [7, 11) is 0. The van der Waals surface area contributed by atoms with Crippen LogP contribution in [-0.2, 0) is 0 Å². The molecule has 2 aromatic rings. The van der Waals surface area contributed by atoms with E-state index in [1.807, 2.05) is 0 Å². The second-order valence-corrected chi connectivity index (χ2v) is 5.45. The summed E-state index contributed by atoms with van der Waals surface area (Å²) in [4.78, 5) is 23.5. The molecule has 3 amide bonds. The maximum atomic E-state index is 13.4. The maximum absolute atomic E-state index is 13.4. The van der Waals surface area contributed by atoms with Crippen molar-refractivity contribution in [1.82, 2.24) is 5.32 Å². The van der Waals surface area contributed by atoms with Crippen molar-refractivity contribution >= 4 is 52.4 Å². The van der Waals surface area contributed by atoms with Crippen molar-refractivity contribution in [1.29, 1.82) is 0 Å². The summed E-state index contributed by atoms with van der Waals surface area (Å²) in [6, 6.07) is 4.46. The fraction of sp³-hybridized carbons (Fsp3) is 0. The molecule has 0 aliphatic rings. The van der Waals surface area contributed by atoms with Crippen LogP contribution in [0.15, 0.2) is 30.3 Å². The number of nitrogens with one attached hydrogen (secondary N) is 2. The Labute approximate surface area is 144 Å². The molecule has 0 saturated heterocycles. The summed E-state index contributed by atoms with van der Waals surface area (Å²) < 4.78 is 26.9. The normalized spacial score (nSPS) is 10.3. The van der Waals surface area contributed by atoms with Gasteiger partial charge < -0.3 is 5.32 Å². The van der Waals surface area contributed by atoms with Crippen LogP contribution in [0.5, 0.6) is 0 Å². The topological polar surface area (TPSA) is 58.2 Å². The van der Waals surface area contributed by atoms with Crippen molar-refractivity contribution in [3.05, 3.63) is 62.6 Å². The van der Waals surface area contributed by atoms with Crippen LogP contribution < -0.4 is 10.6 Å². The molecule has 0 saturated carbocycles. The lowest BCUT2D eigenvalue weighted by atomic mass is 10.2. The lowest BCUT2D eigenvalue weighted by molar-refractivity contribution is 0.0959. The highest BCUT2D eigenvalue weighted by atomic mass is 35.5. The third-order valence-corrected chi connectivity index (χ3v) is 3.86. The van der Waals surface area contributed by atoms with Crippen molar-refractivity contribution in [3.63, 3.8) is 0 Å². The van der Waals surface area contributed by atoms with Gasteiger partial charge in [0.05, 0.1) is 15.1 Å². The fourth-order valence-corrected chi connectivity index (χ4v) is 2.27. The molecule has 9 heteroatoms. The van der Waals surface area contributed by atoms with Gasteiger partial charge in [0.1, 0.15) is 17.2 Å². The molecule has 2 N–H and O–H groups in total. The van der Waals surface area contributed by atoms with Crippen molar-refractivity contribution < 1.29 is 18.4 Å². The minimum atomic E-state index is -1.23. The van der Waals surface area contributed by atoms with Crippen LogP contribution in [0, 0.1) is 11.6 Å². The number of carbonyl (C=O) groups excluding carboxylic acids is 2. The van der Waals surface area contributed by atoms with E-state index in [4.69, 9.17) is 34.8 Å². The quantitative estimate of drug-likeness (QED) is 0.730. The molecule has 0 aliphatic carbocycles. The third-order valence-electron chi connectivity index (χ3n) is 2.66. The molecular weight excluding hydrogens is 373 g/mol. The molecule has 120 valence electrons. The van der Waals surface area contributed by atoms with E-state index < -0.39 is 29.1 Å². The van der Waals surface area contributed by atoms with E-state index in [1.165, 1.54) is 12.1 Å². The molecule has 0 fully saturated rings. The van der Waals surface area contributed by atoms with Crippen LogP contribution in [0.2, 0.25) is 15.1 Å². The molecule has 4 nitrogen and oxygen atoms in total. The zero-order valence-corrected chi connectivity index (χ0v) is 13.4. The summed E-state index contributed by atoms with van der Waals surface area (Å²) in [5, 5.41) is 4.31. The Morgan fingerprint density at radius 1 is 0.957 bits per heavy atom.